The molecule has 4 rings (SSSR count). The van der Waals surface area contributed by atoms with Crippen molar-refractivity contribution in [1.82, 2.24) is 14.8 Å². The summed E-state index contributed by atoms with van der Waals surface area (Å²) in [6, 6.07) is 18.5. The molecule has 0 spiro atoms. The molecular formula is C19H18N4O. The van der Waals surface area contributed by atoms with Crippen molar-refractivity contribution in [3.63, 3.8) is 0 Å². The first-order valence-electron chi connectivity index (χ1n) is 7.90. The van der Waals surface area contributed by atoms with Gasteiger partial charge in [0, 0.05) is 11.4 Å². The minimum atomic E-state index is 0.500. The topological polar surface area (TPSA) is 55.9 Å². The number of hydrogen-bond acceptors (Lipinski definition) is 4. The zero-order valence-electron chi connectivity index (χ0n) is 13.7. The third kappa shape index (κ3) is 2.88. The molecule has 0 aliphatic rings. The molecule has 24 heavy (non-hydrogen) atoms. The van der Waals surface area contributed by atoms with E-state index in [1.54, 1.807) is 0 Å². The van der Waals surface area contributed by atoms with Gasteiger partial charge in [0.2, 0.25) is 0 Å². The second kappa shape index (κ2) is 5.85. The van der Waals surface area contributed by atoms with Gasteiger partial charge >= 0.3 is 0 Å². The Hall–Kier alpha value is -3.08. The molecular weight excluding hydrogens is 300 g/mol. The van der Waals surface area contributed by atoms with Crippen LogP contribution >= 0.6 is 0 Å². The van der Waals surface area contributed by atoms with Gasteiger partial charge in [0.1, 0.15) is 5.52 Å². The SMILES string of the molecule is Cc1cc(C)n(Cc2cccc(Nc3nc4ccccc4o3)c2)n1. The van der Waals surface area contributed by atoms with Crippen LogP contribution in [-0.4, -0.2) is 14.8 Å². The summed E-state index contributed by atoms with van der Waals surface area (Å²) in [5.74, 6) is 0. The van der Waals surface area contributed by atoms with Gasteiger partial charge in [-0.3, -0.25) is 4.68 Å². The van der Waals surface area contributed by atoms with Crippen molar-refractivity contribution in [2.24, 2.45) is 0 Å². The van der Waals surface area contributed by atoms with E-state index in [1.807, 2.05) is 48.0 Å². The van der Waals surface area contributed by atoms with Crippen LogP contribution in [0.3, 0.4) is 0 Å². The second-order valence-corrected chi connectivity index (χ2v) is 5.90. The number of nitrogens with one attached hydrogen (secondary N) is 1. The summed E-state index contributed by atoms with van der Waals surface area (Å²) in [6.07, 6.45) is 0. The maximum absolute atomic E-state index is 5.71. The van der Waals surface area contributed by atoms with E-state index in [-0.39, 0.29) is 0 Å². The monoisotopic (exact) mass is 318 g/mol. The van der Waals surface area contributed by atoms with Gasteiger partial charge in [-0.1, -0.05) is 24.3 Å². The molecule has 0 atom stereocenters. The number of benzene rings is 2. The lowest BCUT2D eigenvalue weighted by molar-refractivity contribution is 0.623. The van der Waals surface area contributed by atoms with Crippen LogP contribution < -0.4 is 5.32 Å². The van der Waals surface area contributed by atoms with Gasteiger partial charge in [-0.05, 0) is 49.7 Å². The minimum absolute atomic E-state index is 0.500. The highest BCUT2D eigenvalue weighted by Gasteiger charge is 2.06. The average molecular weight is 318 g/mol. The van der Waals surface area contributed by atoms with Crippen LogP contribution in [0.2, 0.25) is 0 Å². The summed E-state index contributed by atoms with van der Waals surface area (Å²) in [5.41, 5.74) is 5.93. The van der Waals surface area contributed by atoms with Gasteiger partial charge in [0.15, 0.2) is 5.58 Å². The fourth-order valence-electron chi connectivity index (χ4n) is 2.80. The second-order valence-electron chi connectivity index (χ2n) is 5.90. The zero-order chi connectivity index (χ0) is 16.5. The van der Waals surface area contributed by atoms with Crippen LogP contribution in [0.25, 0.3) is 11.1 Å². The number of anilines is 2. The Labute approximate surface area is 139 Å². The van der Waals surface area contributed by atoms with Crippen LogP contribution in [0.15, 0.2) is 59.0 Å². The van der Waals surface area contributed by atoms with Crippen molar-refractivity contribution in [1.29, 1.82) is 0 Å². The van der Waals surface area contributed by atoms with E-state index in [2.05, 4.69) is 40.5 Å². The van der Waals surface area contributed by atoms with E-state index >= 15 is 0 Å². The standard InChI is InChI=1S/C19H18N4O/c1-13-10-14(2)23(22-13)12-15-6-5-7-16(11-15)20-19-21-17-8-3-4-9-18(17)24-19/h3-11H,12H2,1-2H3,(H,20,21). The minimum Gasteiger partial charge on any atom is -0.423 e. The Morgan fingerprint density at radius 3 is 2.71 bits per heavy atom. The highest BCUT2D eigenvalue weighted by molar-refractivity contribution is 5.75. The van der Waals surface area contributed by atoms with Gasteiger partial charge in [0.25, 0.3) is 6.01 Å². The number of oxazole rings is 1. The van der Waals surface area contributed by atoms with E-state index < -0.39 is 0 Å². The van der Waals surface area contributed by atoms with Crippen LogP contribution in [-0.2, 0) is 6.54 Å². The van der Waals surface area contributed by atoms with Crippen molar-refractivity contribution >= 4 is 22.8 Å². The summed E-state index contributed by atoms with van der Waals surface area (Å²) in [4.78, 5) is 4.44. The third-order valence-corrected chi connectivity index (χ3v) is 3.91. The van der Waals surface area contributed by atoms with Crippen LogP contribution in [0, 0.1) is 13.8 Å². The fraction of sp³-hybridized carbons (Fsp3) is 0.158. The molecule has 5 heteroatoms. The lowest BCUT2D eigenvalue weighted by Gasteiger charge is -2.07. The van der Waals surface area contributed by atoms with Gasteiger partial charge < -0.3 is 9.73 Å². The molecule has 0 aliphatic carbocycles. The fourth-order valence-corrected chi connectivity index (χ4v) is 2.80. The normalized spacial score (nSPS) is 11.1. The first-order chi connectivity index (χ1) is 11.7. The number of para-hydroxylation sites is 2. The molecule has 0 amide bonds. The molecule has 120 valence electrons. The first-order valence-corrected chi connectivity index (χ1v) is 7.90. The van der Waals surface area contributed by atoms with Gasteiger partial charge in [-0.25, -0.2) is 0 Å². The summed E-state index contributed by atoms with van der Waals surface area (Å²) in [7, 11) is 0. The predicted octanol–water partition coefficient (Wildman–Crippen LogP) is 4.43. The van der Waals surface area contributed by atoms with E-state index in [1.165, 1.54) is 5.56 Å². The number of aromatic nitrogens is 3. The molecule has 1 N–H and O–H groups in total. The molecule has 0 unspecified atom stereocenters. The number of fused-ring (bicyclic) bond motifs is 1. The summed E-state index contributed by atoms with van der Waals surface area (Å²) in [5, 5.41) is 7.75. The smallest absolute Gasteiger partial charge is 0.300 e. The first kappa shape index (κ1) is 14.5. The molecule has 0 aliphatic heterocycles. The van der Waals surface area contributed by atoms with Crippen LogP contribution in [0.1, 0.15) is 17.0 Å². The molecule has 0 fully saturated rings. The number of hydrogen-bond donors (Lipinski definition) is 1. The maximum atomic E-state index is 5.71. The van der Waals surface area contributed by atoms with Gasteiger partial charge in [-0.2, -0.15) is 10.1 Å². The van der Waals surface area contributed by atoms with E-state index in [0.717, 1.165) is 34.7 Å². The van der Waals surface area contributed by atoms with E-state index in [9.17, 15) is 0 Å². The Bertz CT molecular complexity index is 966. The third-order valence-electron chi connectivity index (χ3n) is 3.91. The van der Waals surface area contributed by atoms with Crippen molar-refractivity contribution in [2.75, 3.05) is 5.32 Å². The summed E-state index contributed by atoms with van der Waals surface area (Å²) >= 11 is 0. The molecule has 5 nitrogen and oxygen atoms in total. The molecule has 2 aromatic carbocycles. The molecule has 0 saturated heterocycles. The lowest BCUT2D eigenvalue weighted by Crippen LogP contribution is -2.04. The molecule has 2 heterocycles. The van der Waals surface area contributed by atoms with Gasteiger partial charge in [-0.15, -0.1) is 0 Å². The quantitative estimate of drug-likeness (QED) is 0.604. The van der Waals surface area contributed by atoms with Gasteiger partial charge in [0.05, 0.1) is 12.2 Å². The molecule has 0 radical (unpaired) electrons. The summed E-state index contributed by atoms with van der Waals surface area (Å²) < 4.78 is 7.72. The number of nitrogens with zero attached hydrogens (tertiary/aromatic N) is 3. The predicted molar refractivity (Wildman–Crippen MR) is 94.5 cm³/mol. The molecule has 0 bridgehead atoms. The maximum Gasteiger partial charge on any atom is 0.300 e. The summed E-state index contributed by atoms with van der Waals surface area (Å²) in [6.45, 7) is 4.82. The molecule has 2 aromatic heterocycles. The molecule has 4 aromatic rings. The number of rotatable bonds is 4. The largest absolute Gasteiger partial charge is 0.423 e. The Balaban J connectivity index is 1.57. The Morgan fingerprint density at radius 1 is 1.04 bits per heavy atom. The highest BCUT2D eigenvalue weighted by Crippen LogP contribution is 2.22. The number of aryl methyl sites for hydroxylation is 2. The Morgan fingerprint density at radius 2 is 1.92 bits per heavy atom. The van der Waals surface area contributed by atoms with Crippen LogP contribution in [0.4, 0.5) is 11.7 Å². The Kier molecular flexibility index (Phi) is 3.54. The van der Waals surface area contributed by atoms with E-state index in [0.29, 0.717) is 6.01 Å². The van der Waals surface area contributed by atoms with Crippen molar-refractivity contribution in [2.45, 2.75) is 20.4 Å². The highest BCUT2D eigenvalue weighted by atomic mass is 16.4. The van der Waals surface area contributed by atoms with Crippen molar-refractivity contribution < 1.29 is 4.42 Å². The van der Waals surface area contributed by atoms with Crippen molar-refractivity contribution in [3.8, 4) is 0 Å². The lowest BCUT2D eigenvalue weighted by atomic mass is 10.2. The van der Waals surface area contributed by atoms with Crippen molar-refractivity contribution in [3.05, 3.63) is 71.5 Å². The average Bonchev–Trinajstić information content (AvgIpc) is 3.10. The van der Waals surface area contributed by atoms with E-state index in [4.69, 9.17) is 4.42 Å². The molecule has 0 saturated carbocycles. The van der Waals surface area contributed by atoms with Crippen LogP contribution in [0.5, 0.6) is 0 Å². The zero-order valence-corrected chi connectivity index (χ0v) is 13.7.